The molecular formula is C18H26O. The molecule has 1 rings (SSSR count). The lowest BCUT2D eigenvalue weighted by molar-refractivity contribution is -0.110. The number of hydrogen-bond donors (Lipinski definition) is 0. The number of carbonyl (C=O) groups excluding carboxylic acids is 1. The van der Waals surface area contributed by atoms with Crippen molar-refractivity contribution in [3.63, 3.8) is 0 Å². The maximum absolute atomic E-state index is 10.9. The molecule has 0 heterocycles. The van der Waals surface area contributed by atoms with E-state index < -0.39 is 0 Å². The first-order chi connectivity index (χ1) is 8.93. The van der Waals surface area contributed by atoms with E-state index in [0.717, 1.165) is 19.1 Å². The molecule has 104 valence electrons. The molecule has 0 fully saturated rings. The smallest absolute Gasteiger partial charge is 0.122 e. The Bertz CT molecular complexity index is 453. The Kier molecular flexibility index (Phi) is 6.01. The van der Waals surface area contributed by atoms with Crippen molar-refractivity contribution in [1.82, 2.24) is 0 Å². The van der Waals surface area contributed by atoms with E-state index in [2.05, 4.69) is 52.0 Å². The van der Waals surface area contributed by atoms with Crippen molar-refractivity contribution in [3.05, 3.63) is 46.5 Å². The van der Waals surface area contributed by atoms with Crippen LogP contribution in [0.2, 0.25) is 0 Å². The van der Waals surface area contributed by atoms with Crippen molar-refractivity contribution >= 4 is 6.29 Å². The van der Waals surface area contributed by atoms with Gasteiger partial charge in [0.05, 0.1) is 0 Å². The van der Waals surface area contributed by atoms with Gasteiger partial charge in [-0.05, 0) is 57.6 Å². The molecule has 0 aliphatic rings. The average molecular weight is 258 g/mol. The van der Waals surface area contributed by atoms with Crippen LogP contribution < -0.4 is 0 Å². The van der Waals surface area contributed by atoms with Gasteiger partial charge in [0.15, 0.2) is 0 Å². The van der Waals surface area contributed by atoms with Crippen molar-refractivity contribution in [2.24, 2.45) is 5.92 Å². The average Bonchev–Trinajstić information content (AvgIpc) is 2.37. The quantitative estimate of drug-likeness (QED) is 0.520. The van der Waals surface area contributed by atoms with Gasteiger partial charge in [-0.2, -0.15) is 0 Å². The zero-order chi connectivity index (χ0) is 14.4. The maximum Gasteiger partial charge on any atom is 0.122 e. The number of aryl methyl sites for hydroxylation is 2. The Morgan fingerprint density at radius 3 is 2.53 bits per heavy atom. The lowest BCUT2D eigenvalue weighted by Crippen LogP contribution is -2.07. The third-order valence-corrected chi connectivity index (χ3v) is 3.57. The number of carbonyl (C=O) groups is 1. The van der Waals surface area contributed by atoms with Gasteiger partial charge in [0.1, 0.15) is 6.29 Å². The monoisotopic (exact) mass is 258 g/mol. The summed E-state index contributed by atoms with van der Waals surface area (Å²) < 4.78 is 0. The summed E-state index contributed by atoms with van der Waals surface area (Å²) in [6.45, 7) is 10.6. The predicted octanol–water partition coefficient (Wildman–Crippen LogP) is 4.97. The number of benzene rings is 1. The molecule has 0 spiro atoms. The summed E-state index contributed by atoms with van der Waals surface area (Å²) in [5, 5.41) is 0. The largest absolute Gasteiger partial charge is 0.303 e. The normalized spacial score (nSPS) is 13.7. The van der Waals surface area contributed by atoms with Crippen LogP contribution in [0.5, 0.6) is 0 Å². The fraction of sp³-hybridized carbons (Fsp3) is 0.500. The maximum atomic E-state index is 10.9. The van der Waals surface area contributed by atoms with Crippen LogP contribution in [0.15, 0.2) is 29.8 Å². The molecule has 0 aliphatic carbocycles. The minimum atomic E-state index is 0.121. The van der Waals surface area contributed by atoms with Crippen molar-refractivity contribution in [2.75, 3.05) is 0 Å². The van der Waals surface area contributed by atoms with Gasteiger partial charge in [0.2, 0.25) is 0 Å². The molecule has 1 aromatic carbocycles. The zero-order valence-electron chi connectivity index (χ0n) is 12.9. The predicted molar refractivity (Wildman–Crippen MR) is 82.6 cm³/mol. The van der Waals surface area contributed by atoms with Gasteiger partial charge in [-0.25, -0.2) is 0 Å². The second-order valence-electron chi connectivity index (χ2n) is 5.92. The van der Waals surface area contributed by atoms with Crippen LogP contribution >= 0.6 is 0 Å². The first-order valence-corrected chi connectivity index (χ1v) is 7.09. The van der Waals surface area contributed by atoms with Gasteiger partial charge >= 0.3 is 0 Å². The first kappa shape index (κ1) is 15.7. The molecule has 2 atom stereocenters. The van der Waals surface area contributed by atoms with Crippen LogP contribution in [0.1, 0.15) is 56.2 Å². The van der Waals surface area contributed by atoms with Crippen LogP contribution in [-0.2, 0) is 4.79 Å². The van der Waals surface area contributed by atoms with E-state index in [1.165, 1.54) is 22.3 Å². The fourth-order valence-electron chi connectivity index (χ4n) is 2.43. The van der Waals surface area contributed by atoms with Gasteiger partial charge in [0.25, 0.3) is 0 Å². The molecule has 0 bridgehead atoms. The van der Waals surface area contributed by atoms with Gasteiger partial charge < -0.3 is 4.79 Å². The van der Waals surface area contributed by atoms with Gasteiger partial charge in [-0.15, -0.1) is 0 Å². The molecule has 19 heavy (non-hydrogen) atoms. The molecule has 0 radical (unpaired) electrons. The topological polar surface area (TPSA) is 17.1 Å². The van der Waals surface area contributed by atoms with Crippen LogP contribution in [0.25, 0.3) is 0 Å². The Hall–Kier alpha value is -1.37. The summed E-state index contributed by atoms with van der Waals surface area (Å²) in [6, 6.07) is 6.61. The molecule has 1 nitrogen and oxygen atoms in total. The standard InChI is InChI=1S/C18H26O/c1-13(2)6-9-17(10-15(4)12-19)18-11-14(3)7-8-16(18)5/h6-8,11-12,15,17H,9-10H2,1-5H3. The second-order valence-corrected chi connectivity index (χ2v) is 5.92. The van der Waals surface area contributed by atoms with Crippen molar-refractivity contribution in [1.29, 1.82) is 0 Å². The molecule has 0 saturated heterocycles. The summed E-state index contributed by atoms with van der Waals surface area (Å²) >= 11 is 0. The summed E-state index contributed by atoms with van der Waals surface area (Å²) in [5.74, 6) is 0.561. The van der Waals surface area contributed by atoms with Crippen molar-refractivity contribution in [3.8, 4) is 0 Å². The molecule has 1 aromatic rings. The number of aldehydes is 1. The van der Waals surface area contributed by atoms with Gasteiger partial charge in [0, 0.05) is 5.92 Å². The van der Waals surface area contributed by atoms with Gasteiger partial charge in [-0.3, -0.25) is 0 Å². The molecule has 0 saturated carbocycles. The number of hydrogen-bond acceptors (Lipinski definition) is 1. The summed E-state index contributed by atoms with van der Waals surface area (Å²) in [4.78, 5) is 10.9. The van der Waals surface area contributed by atoms with E-state index in [4.69, 9.17) is 0 Å². The van der Waals surface area contributed by atoms with Crippen LogP contribution in [0.3, 0.4) is 0 Å². The highest BCUT2D eigenvalue weighted by Crippen LogP contribution is 2.30. The minimum Gasteiger partial charge on any atom is -0.303 e. The summed E-state index contributed by atoms with van der Waals surface area (Å²) in [7, 11) is 0. The fourth-order valence-corrected chi connectivity index (χ4v) is 2.43. The van der Waals surface area contributed by atoms with E-state index in [1.807, 2.05) is 6.92 Å². The minimum absolute atomic E-state index is 0.121. The third kappa shape index (κ3) is 5.02. The molecule has 1 heteroatoms. The van der Waals surface area contributed by atoms with Crippen molar-refractivity contribution < 1.29 is 4.79 Å². The SMILES string of the molecule is CC(C)=CCC(CC(C)C=O)c1cc(C)ccc1C. The van der Waals surface area contributed by atoms with E-state index >= 15 is 0 Å². The van der Waals surface area contributed by atoms with E-state index in [-0.39, 0.29) is 5.92 Å². The molecule has 0 aliphatic heterocycles. The van der Waals surface area contributed by atoms with Crippen molar-refractivity contribution in [2.45, 2.75) is 53.4 Å². The highest BCUT2D eigenvalue weighted by Gasteiger charge is 2.16. The Balaban J connectivity index is 3.03. The second kappa shape index (κ2) is 7.28. The van der Waals surface area contributed by atoms with Crippen LogP contribution in [-0.4, -0.2) is 6.29 Å². The van der Waals surface area contributed by atoms with Crippen LogP contribution in [0.4, 0.5) is 0 Å². The van der Waals surface area contributed by atoms with E-state index in [0.29, 0.717) is 5.92 Å². The Labute approximate surface area is 117 Å². The third-order valence-electron chi connectivity index (χ3n) is 3.57. The Morgan fingerprint density at radius 2 is 1.95 bits per heavy atom. The summed E-state index contributed by atoms with van der Waals surface area (Å²) in [5.41, 5.74) is 5.36. The Morgan fingerprint density at radius 1 is 1.26 bits per heavy atom. The van der Waals surface area contributed by atoms with E-state index in [1.54, 1.807) is 0 Å². The number of rotatable bonds is 6. The highest BCUT2D eigenvalue weighted by molar-refractivity contribution is 5.53. The number of allylic oxidation sites excluding steroid dienone is 2. The van der Waals surface area contributed by atoms with Crippen LogP contribution in [0, 0.1) is 19.8 Å². The summed E-state index contributed by atoms with van der Waals surface area (Å²) in [6.07, 6.45) is 5.30. The molecule has 0 amide bonds. The first-order valence-electron chi connectivity index (χ1n) is 7.09. The lowest BCUT2D eigenvalue weighted by atomic mass is 9.84. The zero-order valence-corrected chi connectivity index (χ0v) is 12.9. The van der Waals surface area contributed by atoms with Gasteiger partial charge in [-0.1, -0.05) is 42.3 Å². The molecule has 0 aromatic heterocycles. The molecule has 0 N–H and O–H groups in total. The lowest BCUT2D eigenvalue weighted by Gasteiger charge is -2.20. The highest BCUT2D eigenvalue weighted by atomic mass is 16.1. The molecular weight excluding hydrogens is 232 g/mol. The molecule has 2 unspecified atom stereocenters. The van der Waals surface area contributed by atoms with E-state index in [9.17, 15) is 4.79 Å².